The molecule has 0 saturated carbocycles. The number of nitrogens with zero attached hydrogens (tertiary/aromatic N) is 2. The third-order valence-electron chi connectivity index (χ3n) is 4.90. The zero-order valence-electron chi connectivity index (χ0n) is 14.8. The van der Waals surface area contributed by atoms with Gasteiger partial charge in [0.2, 0.25) is 5.78 Å². The number of fused-ring (bicyclic) bond motifs is 3. The van der Waals surface area contributed by atoms with Gasteiger partial charge in [-0.15, -0.1) is 11.3 Å². The molecule has 5 rings (SSSR count). The second-order valence-electron chi connectivity index (χ2n) is 6.62. The Morgan fingerprint density at radius 2 is 1.81 bits per heavy atom. The fourth-order valence-electron chi connectivity index (χ4n) is 3.70. The summed E-state index contributed by atoms with van der Waals surface area (Å²) in [6, 6.07) is 22.4. The predicted molar refractivity (Wildman–Crippen MR) is 107 cm³/mol. The average Bonchev–Trinajstić information content (AvgIpc) is 3.40. The van der Waals surface area contributed by atoms with E-state index in [1.165, 1.54) is 16.9 Å². The molecule has 0 aliphatic rings. The van der Waals surface area contributed by atoms with Gasteiger partial charge in [-0.05, 0) is 36.1 Å². The van der Waals surface area contributed by atoms with E-state index in [4.69, 9.17) is 0 Å². The highest BCUT2D eigenvalue weighted by atomic mass is 32.1. The Morgan fingerprint density at radius 3 is 2.59 bits per heavy atom. The molecule has 4 nitrogen and oxygen atoms in total. The van der Waals surface area contributed by atoms with Gasteiger partial charge in [0, 0.05) is 0 Å². The van der Waals surface area contributed by atoms with Crippen LogP contribution in [0.2, 0.25) is 0 Å². The van der Waals surface area contributed by atoms with E-state index in [2.05, 4.69) is 50.3 Å². The van der Waals surface area contributed by atoms with Crippen molar-refractivity contribution in [1.82, 2.24) is 9.38 Å². The van der Waals surface area contributed by atoms with E-state index < -0.39 is 0 Å². The van der Waals surface area contributed by atoms with Crippen LogP contribution in [0, 0.1) is 6.92 Å². The minimum Gasteiger partial charge on any atom is -0.284 e. The molecule has 0 radical (unpaired) electrons. The Labute approximate surface area is 160 Å². The topological polar surface area (TPSA) is 41.1 Å². The molecule has 0 aliphatic carbocycles. The molecular formula is C22H18N3OS+. The molecule has 0 aliphatic heterocycles. The van der Waals surface area contributed by atoms with Crippen LogP contribution < -0.4 is 4.57 Å². The van der Waals surface area contributed by atoms with Crippen LogP contribution >= 0.6 is 11.3 Å². The number of benzene rings is 2. The second kappa shape index (κ2) is 6.21. The number of hydrogen-bond acceptors (Lipinski definition) is 2. The lowest BCUT2D eigenvalue weighted by Crippen LogP contribution is -2.34. The standard InChI is InChI=1S/C22H17N3OS/c1-15-20(21(26)19-12-7-13-27-19)25-18-11-6-5-10-17(18)24(22(25)23-15)14-16-8-3-2-4-9-16/h2-13H,14H2,1H3/p+1. The quantitative estimate of drug-likeness (QED) is 0.370. The van der Waals surface area contributed by atoms with E-state index >= 15 is 0 Å². The molecule has 0 saturated heterocycles. The number of carbonyl (C=O) groups excluding carboxylic acids is 1. The van der Waals surface area contributed by atoms with E-state index in [0.29, 0.717) is 5.69 Å². The van der Waals surface area contributed by atoms with Gasteiger partial charge in [-0.3, -0.25) is 4.79 Å². The molecule has 5 aromatic rings. The molecule has 0 atom stereocenters. The van der Waals surface area contributed by atoms with E-state index in [1.54, 1.807) is 0 Å². The lowest BCUT2D eigenvalue weighted by molar-refractivity contribution is -0.638. The third kappa shape index (κ3) is 2.51. The first-order chi connectivity index (χ1) is 13.2. The van der Waals surface area contributed by atoms with Gasteiger partial charge in [0.25, 0.3) is 0 Å². The number of para-hydroxylation sites is 2. The van der Waals surface area contributed by atoms with E-state index in [-0.39, 0.29) is 5.78 Å². The summed E-state index contributed by atoms with van der Waals surface area (Å²) >= 11 is 1.48. The molecule has 0 bridgehead atoms. The van der Waals surface area contributed by atoms with Gasteiger partial charge in [0.15, 0.2) is 5.69 Å². The van der Waals surface area contributed by atoms with Crippen molar-refractivity contribution in [3.8, 4) is 0 Å². The number of thiophene rings is 1. The van der Waals surface area contributed by atoms with E-state index in [9.17, 15) is 4.79 Å². The fourth-order valence-corrected chi connectivity index (χ4v) is 4.36. The van der Waals surface area contributed by atoms with Gasteiger partial charge >= 0.3 is 5.78 Å². The highest BCUT2D eigenvalue weighted by Crippen LogP contribution is 2.23. The summed E-state index contributed by atoms with van der Waals surface area (Å²) in [6.07, 6.45) is 0. The number of carbonyl (C=O) groups is 1. The highest BCUT2D eigenvalue weighted by Gasteiger charge is 2.29. The van der Waals surface area contributed by atoms with Gasteiger partial charge in [-0.1, -0.05) is 48.5 Å². The number of aromatic amines is 1. The van der Waals surface area contributed by atoms with Crippen molar-refractivity contribution >= 4 is 33.9 Å². The molecule has 132 valence electrons. The van der Waals surface area contributed by atoms with Crippen LogP contribution in [0.15, 0.2) is 72.1 Å². The van der Waals surface area contributed by atoms with Gasteiger partial charge < -0.3 is 0 Å². The Balaban J connectivity index is 1.79. The average molecular weight is 372 g/mol. The maximum Gasteiger partial charge on any atom is 0.368 e. The highest BCUT2D eigenvalue weighted by molar-refractivity contribution is 7.12. The summed E-state index contributed by atoms with van der Waals surface area (Å²) in [7, 11) is 0. The molecule has 2 aromatic carbocycles. The molecule has 1 N–H and O–H groups in total. The Hall–Kier alpha value is -3.18. The van der Waals surface area contributed by atoms with Crippen LogP contribution in [0.5, 0.6) is 0 Å². The lowest BCUT2D eigenvalue weighted by Gasteiger charge is -2.00. The normalized spacial score (nSPS) is 11.4. The SMILES string of the molecule is Cc1[nH]c2n(c1C(=O)c1cccs1)c1ccccc1[n+]2Cc1ccccc1. The number of H-pyrrole nitrogens is 1. The first-order valence-electron chi connectivity index (χ1n) is 8.88. The van der Waals surface area contributed by atoms with Crippen LogP contribution in [0.3, 0.4) is 0 Å². The van der Waals surface area contributed by atoms with Gasteiger partial charge in [-0.2, -0.15) is 4.40 Å². The van der Waals surface area contributed by atoms with Gasteiger partial charge in [0.1, 0.15) is 16.7 Å². The van der Waals surface area contributed by atoms with Gasteiger partial charge in [-0.25, -0.2) is 9.55 Å². The molecular weight excluding hydrogens is 354 g/mol. The molecule has 27 heavy (non-hydrogen) atoms. The first-order valence-corrected chi connectivity index (χ1v) is 9.75. The predicted octanol–water partition coefficient (Wildman–Crippen LogP) is 4.36. The van der Waals surface area contributed by atoms with Crippen LogP contribution in [0.1, 0.15) is 26.6 Å². The number of nitrogens with one attached hydrogen (secondary N) is 1. The van der Waals surface area contributed by atoms with Crippen LogP contribution in [-0.4, -0.2) is 15.2 Å². The van der Waals surface area contributed by atoms with E-state index in [1.807, 2.05) is 42.6 Å². The van der Waals surface area contributed by atoms with Crippen molar-refractivity contribution < 1.29 is 9.36 Å². The zero-order chi connectivity index (χ0) is 18.4. The van der Waals surface area contributed by atoms with Crippen LogP contribution in [-0.2, 0) is 6.54 Å². The monoisotopic (exact) mass is 372 g/mol. The number of imidazole rings is 2. The number of rotatable bonds is 4. The molecule has 3 heterocycles. The largest absolute Gasteiger partial charge is 0.368 e. The van der Waals surface area contributed by atoms with Crippen molar-refractivity contribution in [2.75, 3.05) is 0 Å². The summed E-state index contributed by atoms with van der Waals surface area (Å²) in [6.45, 7) is 2.71. The first kappa shape index (κ1) is 16.0. The summed E-state index contributed by atoms with van der Waals surface area (Å²) in [5, 5.41) is 1.94. The van der Waals surface area contributed by atoms with Crippen molar-refractivity contribution in [3.63, 3.8) is 0 Å². The van der Waals surface area contributed by atoms with Crippen LogP contribution in [0.4, 0.5) is 0 Å². The van der Waals surface area contributed by atoms with Crippen molar-refractivity contribution in [1.29, 1.82) is 0 Å². The van der Waals surface area contributed by atoms with E-state index in [0.717, 1.165) is 33.9 Å². The van der Waals surface area contributed by atoms with Crippen molar-refractivity contribution in [3.05, 3.63) is 93.9 Å². The third-order valence-corrected chi connectivity index (χ3v) is 5.77. The number of hydrogen-bond donors (Lipinski definition) is 1. The Bertz CT molecular complexity index is 1260. The molecule has 0 unspecified atom stereocenters. The summed E-state index contributed by atoms with van der Waals surface area (Å²) in [5.74, 6) is 0.985. The summed E-state index contributed by atoms with van der Waals surface area (Å²) in [5.41, 5.74) is 4.95. The smallest absolute Gasteiger partial charge is 0.284 e. The van der Waals surface area contributed by atoms with Gasteiger partial charge in [0.05, 0.1) is 11.4 Å². The molecule has 0 fully saturated rings. The molecule has 0 spiro atoms. The fraction of sp³-hybridized carbons (Fsp3) is 0.0909. The minimum absolute atomic E-state index is 0.0568. The molecule has 3 aromatic heterocycles. The maximum absolute atomic E-state index is 13.2. The van der Waals surface area contributed by atoms with Crippen molar-refractivity contribution in [2.24, 2.45) is 0 Å². The number of ketones is 1. The molecule has 0 amide bonds. The summed E-state index contributed by atoms with van der Waals surface area (Å²) < 4.78 is 4.30. The maximum atomic E-state index is 13.2. The van der Waals surface area contributed by atoms with Crippen molar-refractivity contribution in [2.45, 2.75) is 13.5 Å². The molecule has 5 heteroatoms. The number of aryl methyl sites for hydroxylation is 1. The Morgan fingerprint density at radius 1 is 1.04 bits per heavy atom. The zero-order valence-corrected chi connectivity index (χ0v) is 15.7. The number of aromatic nitrogens is 3. The summed E-state index contributed by atoms with van der Waals surface area (Å²) in [4.78, 5) is 17.4. The van der Waals surface area contributed by atoms with Crippen LogP contribution in [0.25, 0.3) is 16.8 Å². The Kier molecular flexibility index (Phi) is 3.69. The minimum atomic E-state index is 0.0568. The second-order valence-corrected chi connectivity index (χ2v) is 7.57. The lowest BCUT2D eigenvalue weighted by atomic mass is 10.2.